The van der Waals surface area contributed by atoms with Crippen molar-refractivity contribution in [3.8, 4) is 11.5 Å². The van der Waals surface area contributed by atoms with Crippen molar-refractivity contribution in [2.24, 2.45) is 0 Å². The topological polar surface area (TPSA) is 66.5 Å². The Morgan fingerprint density at radius 1 is 0.964 bits per heavy atom. The molecule has 0 saturated carbocycles. The third-order valence-corrected chi connectivity index (χ3v) is 3.98. The lowest BCUT2D eigenvalue weighted by Crippen LogP contribution is -2.21. The summed E-state index contributed by atoms with van der Waals surface area (Å²) in [6.07, 6.45) is 3.27. The first-order chi connectivity index (χ1) is 13.6. The van der Waals surface area contributed by atoms with Gasteiger partial charge in [-0.2, -0.15) is 0 Å². The highest BCUT2D eigenvalue weighted by atomic mass is 16.5. The fraction of sp³-hybridized carbons (Fsp3) is 0.182. The van der Waals surface area contributed by atoms with Crippen molar-refractivity contribution >= 4 is 17.3 Å². The SMILES string of the molecule is CN(C)CCNc1cncc(C(=O)Nc2ccc(Oc3ccccc3)cc2)c1. The first-order valence-electron chi connectivity index (χ1n) is 9.08. The van der Waals surface area contributed by atoms with Crippen molar-refractivity contribution in [3.05, 3.63) is 78.6 Å². The molecule has 0 aliphatic rings. The second-order valence-electron chi connectivity index (χ2n) is 6.59. The number of amides is 1. The second kappa shape index (κ2) is 9.53. The lowest BCUT2D eigenvalue weighted by Gasteiger charge is -2.12. The molecule has 0 atom stereocenters. The number of hydrogen-bond acceptors (Lipinski definition) is 5. The number of carbonyl (C=O) groups is 1. The number of para-hydroxylation sites is 1. The summed E-state index contributed by atoms with van der Waals surface area (Å²) < 4.78 is 5.76. The Morgan fingerprint density at radius 2 is 1.68 bits per heavy atom. The molecule has 0 aliphatic heterocycles. The summed E-state index contributed by atoms with van der Waals surface area (Å²) in [5.41, 5.74) is 2.01. The van der Waals surface area contributed by atoms with Crippen LogP contribution in [0.4, 0.5) is 11.4 Å². The molecule has 6 heteroatoms. The van der Waals surface area contributed by atoms with E-state index in [0.717, 1.165) is 24.5 Å². The average molecular weight is 376 g/mol. The lowest BCUT2D eigenvalue weighted by atomic mass is 10.2. The first-order valence-corrected chi connectivity index (χ1v) is 9.08. The van der Waals surface area contributed by atoms with E-state index in [2.05, 4.69) is 20.5 Å². The van der Waals surface area contributed by atoms with Crippen LogP contribution in [0.25, 0.3) is 0 Å². The number of ether oxygens (including phenoxy) is 1. The van der Waals surface area contributed by atoms with Gasteiger partial charge in [0, 0.05) is 31.2 Å². The zero-order valence-corrected chi connectivity index (χ0v) is 16.1. The van der Waals surface area contributed by atoms with Crippen LogP contribution < -0.4 is 15.4 Å². The van der Waals surface area contributed by atoms with Crippen LogP contribution >= 0.6 is 0 Å². The number of anilines is 2. The predicted octanol–water partition coefficient (Wildman–Crippen LogP) is 4.10. The number of rotatable bonds is 8. The molecule has 1 heterocycles. The molecule has 0 unspecified atom stereocenters. The third-order valence-electron chi connectivity index (χ3n) is 3.98. The van der Waals surface area contributed by atoms with Crippen LogP contribution in [0.15, 0.2) is 73.1 Å². The summed E-state index contributed by atoms with van der Waals surface area (Å²) in [7, 11) is 4.03. The molecular formula is C22H24N4O2. The Labute approximate surface area is 165 Å². The minimum Gasteiger partial charge on any atom is -0.457 e. The maximum absolute atomic E-state index is 12.5. The number of carbonyl (C=O) groups excluding carboxylic acids is 1. The standard InChI is InChI=1S/C22H24N4O2/c1-26(2)13-12-24-19-14-17(15-23-16-19)22(27)25-18-8-10-21(11-9-18)28-20-6-4-3-5-7-20/h3-11,14-16,24H,12-13H2,1-2H3,(H,25,27). The number of nitrogens with one attached hydrogen (secondary N) is 2. The van der Waals surface area contributed by atoms with Crippen molar-refractivity contribution in [1.82, 2.24) is 9.88 Å². The zero-order chi connectivity index (χ0) is 19.8. The van der Waals surface area contributed by atoms with Gasteiger partial charge in [0.2, 0.25) is 0 Å². The van der Waals surface area contributed by atoms with Crippen LogP contribution in [0, 0.1) is 0 Å². The van der Waals surface area contributed by atoms with Crippen LogP contribution in [0.1, 0.15) is 10.4 Å². The van der Waals surface area contributed by atoms with Crippen LogP contribution in [0.2, 0.25) is 0 Å². The monoisotopic (exact) mass is 376 g/mol. The highest BCUT2D eigenvalue weighted by molar-refractivity contribution is 6.04. The van der Waals surface area contributed by atoms with Gasteiger partial charge in [-0.1, -0.05) is 18.2 Å². The Bertz CT molecular complexity index is 896. The molecule has 1 amide bonds. The van der Waals surface area contributed by atoms with Gasteiger partial charge in [-0.15, -0.1) is 0 Å². The normalized spacial score (nSPS) is 10.5. The van der Waals surface area contributed by atoms with Crippen LogP contribution in [-0.4, -0.2) is 43.0 Å². The summed E-state index contributed by atoms with van der Waals surface area (Å²) in [5, 5.41) is 6.15. The molecule has 6 nitrogen and oxygen atoms in total. The van der Waals surface area contributed by atoms with Gasteiger partial charge in [0.1, 0.15) is 11.5 Å². The Hall–Kier alpha value is -3.38. The maximum Gasteiger partial charge on any atom is 0.257 e. The fourth-order valence-corrected chi connectivity index (χ4v) is 2.52. The predicted molar refractivity (Wildman–Crippen MR) is 112 cm³/mol. The van der Waals surface area contributed by atoms with E-state index in [9.17, 15) is 4.79 Å². The van der Waals surface area contributed by atoms with Gasteiger partial charge in [0.15, 0.2) is 0 Å². The largest absolute Gasteiger partial charge is 0.457 e. The van der Waals surface area contributed by atoms with Crippen LogP contribution in [0.5, 0.6) is 11.5 Å². The lowest BCUT2D eigenvalue weighted by molar-refractivity contribution is 0.102. The maximum atomic E-state index is 12.5. The van der Waals surface area contributed by atoms with Gasteiger partial charge in [0.05, 0.1) is 11.3 Å². The van der Waals surface area contributed by atoms with Crippen molar-refractivity contribution in [2.45, 2.75) is 0 Å². The van der Waals surface area contributed by atoms with E-state index in [-0.39, 0.29) is 5.91 Å². The number of likely N-dealkylation sites (N-methyl/N-ethyl adjacent to an activating group) is 1. The molecule has 3 rings (SSSR count). The molecule has 0 radical (unpaired) electrons. The average Bonchev–Trinajstić information content (AvgIpc) is 2.70. The van der Waals surface area contributed by atoms with E-state index in [1.54, 1.807) is 18.5 Å². The van der Waals surface area contributed by atoms with Crippen molar-refractivity contribution in [3.63, 3.8) is 0 Å². The van der Waals surface area contributed by atoms with E-state index < -0.39 is 0 Å². The van der Waals surface area contributed by atoms with Crippen molar-refractivity contribution < 1.29 is 9.53 Å². The zero-order valence-electron chi connectivity index (χ0n) is 16.1. The Morgan fingerprint density at radius 3 is 2.39 bits per heavy atom. The molecule has 0 fully saturated rings. The van der Waals surface area contributed by atoms with E-state index >= 15 is 0 Å². The van der Waals surface area contributed by atoms with E-state index in [0.29, 0.717) is 17.0 Å². The molecule has 2 aromatic carbocycles. The highest BCUT2D eigenvalue weighted by Gasteiger charge is 2.08. The van der Waals surface area contributed by atoms with Crippen LogP contribution in [0.3, 0.4) is 0 Å². The quantitative estimate of drug-likeness (QED) is 0.620. The molecule has 0 spiro atoms. The summed E-state index contributed by atoms with van der Waals surface area (Å²) in [6, 6.07) is 18.6. The number of hydrogen-bond donors (Lipinski definition) is 2. The second-order valence-corrected chi connectivity index (χ2v) is 6.59. The van der Waals surface area contributed by atoms with Gasteiger partial charge >= 0.3 is 0 Å². The molecular weight excluding hydrogens is 352 g/mol. The van der Waals surface area contributed by atoms with Gasteiger partial charge in [-0.05, 0) is 56.6 Å². The molecule has 2 N–H and O–H groups in total. The Balaban J connectivity index is 1.58. The summed E-state index contributed by atoms with van der Waals surface area (Å²) in [6.45, 7) is 1.68. The smallest absolute Gasteiger partial charge is 0.257 e. The first kappa shape index (κ1) is 19.4. The minimum absolute atomic E-state index is 0.208. The molecule has 0 bridgehead atoms. The molecule has 0 saturated heterocycles. The van der Waals surface area contributed by atoms with Gasteiger partial charge in [0.25, 0.3) is 5.91 Å². The van der Waals surface area contributed by atoms with Crippen LogP contribution in [-0.2, 0) is 0 Å². The summed E-state index contributed by atoms with van der Waals surface area (Å²) >= 11 is 0. The molecule has 1 aromatic heterocycles. The number of nitrogens with zero attached hydrogens (tertiary/aromatic N) is 2. The Kier molecular flexibility index (Phi) is 6.59. The van der Waals surface area contributed by atoms with Crippen molar-refractivity contribution in [2.75, 3.05) is 37.8 Å². The molecule has 0 aliphatic carbocycles. The summed E-state index contributed by atoms with van der Waals surface area (Å²) in [5.74, 6) is 1.27. The molecule has 144 valence electrons. The van der Waals surface area contributed by atoms with E-state index in [4.69, 9.17) is 4.74 Å². The van der Waals surface area contributed by atoms with E-state index in [1.165, 1.54) is 0 Å². The minimum atomic E-state index is -0.208. The van der Waals surface area contributed by atoms with E-state index in [1.807, 2.05) is 68.7 Å². The summed E-state index contributed by atoms with van der Waals surface area (Å²) in [4.78, 5) is 18.7. The number of pyridine rings is 1. The number of aromatic nitrogens is 1. The number of benzene rings is 2. The highest BCUT2D eigenvalue weighted by Crippen LogP contribution is 2.23. The fourth-order valence-electron chi connectivity index (χ4n) is 2.52. The van der Waals surface area contributed by atoms with Gasteiger partial charge < -0.3 is 20.3 Å². The molecule has 3 aromatic rings. The molecule has 28 heavy (non-hydrogen) atoms. The van der Waals surface area contributed by atoms with Gasteiger partial charge in [-0.25, -0.2) is 0 Å². The van der Waals surface area contributed by atoms with Gasteiger partial charge in [-0.3, -0.25) is 9.78 Å². The third kappa shape index (κ3) is 5.82. The van der Waals surface area contributed by atoms with Crippen molar-refractivity contribution in [1.29, 1.82) is 0 Å².